The third-order valence-electron chi connectivity index (χ3n) is 4.25. The van der Waals surface area contributed by atoms with Crippen molar-refractivity contribution in [3.05, 3.63) is 40.7 Å². The quantitative estimate of drug-likeness (QED) is 0.582. The van der Waals surface area contributed by atoms with E-state index in [4.69, 9.17) is 14.2 Å². The van der Waals surface area contributed by atoms with E-state index in [9.17, 15) is 9.59 Å². The number of carbonyl (C=O) groups excluding carboxylic acids is 2. The van der Waals surface area contributed by atoms with E-state index in [0.717, 1.165) is 0 Å². The number of hydrogen-bond donors (Lipinski definition) is 2. The zero-order valence-corrected chi connectivity index (χ0v) is 15.9. The van der Waals surface area contributed by atoms with Crippen LogP contribution in [0.4, 0.5) is 5.69 Å². The van der Waals surface area contributed by atoms with Gasteiger partial charge in [0, 0.05) is 11.8 Å². The van der Waals surface area contributed by atoms with Gasteiger partial charge in [0.25, 0.3) is 0 Å². The highest BCUT2D eigenvalue weighted by molar-refractivity contribution is 6.04. The monoisotopic (exact) mass is 360 g/mol. The first kappa shape index (κ1) is 19.4. The maximum absolute atomic E-state index is 12.9. The number of benzene rings is 1. The topological polar surface area (TPSA) is 89.7 Å². The second-order valence-electron chi connectivity index (χ2n) is 5.91. The highest BCUT2D eigenvalue weighted by Gasteiger charge is 2.25. The van der Waals surface area contributed by atoms with Crippen LogP contribution < -0.4 is 14.8 Å². The van der Waals surface area contributed by atoms with Crippen LogP contribution in [0.1, 0.15) is 39.0 Å². The summed E-state index contributed by atoms with van der Waals surface area (Å²) in [5.41, 5.74) is 2.63. The molecule has 2 rings (SSSR count). The summed E-state index contributed by atoms with van der Waals surface area (Å²) >= 11 is 0. The van der Waals surface area contributed by atoms with Crippen molar-refractivity contribution >= 4 is 17.4 Å². The third-order valence-corrected chi connectivity index (χ3v) is 4.25. The number of esters is 1. The van der Waals surface area contributed by atoms with Crippen molar-refractivity contribution < 1.29 is 23.8 Å². The van der Waals surface area contributed by atoms with Crippen molar-refractivity contribution in [2.75, 3.05) is 26.6 Å². The molecule has 1 heterocycles. The molecule has 0 fully saturated rings. The number of aryl methyl sites for hydroxylation is 1. The molecule has 1 aromatic heterocycles. The van der Waals surface area contributed by atoms with Gasteiger partial charge in [-0.1, -0.05) is 0 Å². The second-order valence-corrected chi connectivity index (χ2v) is 5.91. The maximum atomic E-state index is 12.9. The van der Waals surface area contributed by atoms with E-state index in [2.05, 4.69) is 10.3 Å². The maximum Gasteiger partial charge on any atom is 0.339 e. The number of rotatable bonds is 7. The van der Waals surface area contributed by atoms with Crippen molar-refractivity contribution in [1.29, 1.82) is 0 Å². The number of carbonyl (C=O) groups is 2. The summed E-state index contributed by atoms with van der Waals surface area (Å²) in [7, 11) is 4.44. The number of ether oxygens (including phenoxy) is 3. The zero-order valence-electron chi connectivity index (χ0n) is 15.9. The van der Waals surface area contributed by atoms with Crippen LogP contribution in [0.15, 0.2) is 18.2 Å². The fourth-order valence-electron chi connectivity index (χ4n) is 2.84. The molecule has 0 aliphatic rings. The lowest BCUT2D eigenvalue weighted by atomic mass is 10.0. The van der Waals surface area contributed by atoms with E-state index in [1.807, 2.05) is 0 Å². The first-order chi connectivity index (χ1) is 12.3. The van der Waals surface area contributed by atoms with Gasteiger partial charge in [-0.15, -0.1) is 0 Å². The van der Waals surface area contributed by atoms with E-state index in [1.54, 1.807) is 53.2 Å². The Bertz CT molecular complexity index is 826. The van der Waals surface area contributed by atoms with E-state index < -0.39 is 12.0 Å². The Hall–Kier alpha value is -2.96. The standard InChI is InChI=1S/C19H24N2O5/c1-10-16(19(23)26-6)11(2)21-17(10)18(22)12(3)20-14-8-7-13(24-4)9-15(14)25-5/h7-9,12,20-21H,1-6H3. The van der Waals surface area contributed by atoms with Gasteiger partial charge >= 0.3 is 5.97 Å². The van der Waals surface area contributed by atoms with Crippen molar-refractivity contribution in [2.24, 2.45) is 0 Å². The number of ketones is 1. The molecule has 0 spiro atoms. The first-order valence-corrected chi connectivity index (χ1v) is 8.14. The van der Waals surface area contributed by atoms with Gasteiger partial charge in [-0.25, -0.2) is 4.79 Å². The fourth-order valence-corrected chi connectivity index (χ4v) is 2.84. The molecule has 0 aliphatic heterocycles. The highest BCUT2D eigenvalue weighted by Crippen LogP contribution is 2.30. The van der Waals surface area contributed by atoms with Gasteiger partial charge in [0.1, 0.15) is 11.5 Å². The molecule has 1 aromatic carbocycles. The summed E-state index contributed by atoms with van der Waals surface area (Å²) in [6.45, 7) is 5.21. The van der Waals surface area contributed by atoms with E-state index in [0.29, 0.717) is 39.7 Å². The van der Waals surface area contributed by atoms with Crippen LogP contribution in [0.25, 0.3) is 0 Å². The van der Waals surface area contributed by atoms with Crippen LogP contribution >= 0.6 is 0 Å². The molecule has 1 atom stereocenters. The lowest BCUT2D eigenvalue weighted by Gasteiger charge is -2.17. The molecule has 7 heteroatoms. The van der Waals surface area contributed by atoms with Crippen LogP contribution in [-0.2, 0) is 4.74 Å². The SMILES string of the molecule is COC(=O)c1c(C)[nH]c(C(=O)C(C)Nc2ccc(OC)cc2OC)c1C. The van der Waals surface area contributed by atoms with Crippen LogP contribution in [0.2, 0.25) is 0 Å². The molecule has 0 saturated carbocycles. The Morgan fingerprint density at radius 2 is 1.81 bits per heavy atom. The lowest BCUT2D eigenvalue weighted by Crippen LogP contribution is -2.27. The largest absolute Gasteiger partial charge is 0.497 e. The van der Waals surface area contributed by atoms with E-state index >= 15 is 0 Å². The molecular formula is C19H24N2O5. The molecule has 0 bridgehead atoms. The van der Waals surface area contributed by atoms with Crippen LogP contribution in [0.5, 0.6) is 11.5 Å². The van der Waals surface area contributed by atoms with Gasteiger partial charge in [-0.3, -0.25) is 4.79 Å². The highest BCUT2D eigenvalue weighted by atomic mass is 16.5. The number of aromatic amines is 1. The fraction of sp³-hybridized carbons (Fsp3) is 0.368. The summed E-state index contributed by atoms with van der Waals surface area (Å²) in [6.07, 6.45) is 0. The van der Waals surface area contributed by atoms with Gasteiger partial charge in [-0.2, -0.15) is 0 Å². The normalized spacial score (nSPS) is 11.6. The molecule has 0 saturated heterocycles. The van der Waals surface area contributed by atoms with Gasteiger partial charge in [0.2, 0.25) is 5.78 Å². The van der Waals surface area contributed by atoms with Crippen LogP contribution in [0, 0.1) is 13.8 Å². The molecular weight excluding hydrogens is 336 g/mol. The summed E-state index contributed by atoms with van der Waals surface area (Å²) in [5, 5.41) is 3.14. The van der Waals surface area contributed by atoms with Gasteiger partial charge in [0.15, 0.2) is 0 Å². The molecule has 7 nitrogen and oxygen atoms in total. The van der Waals surface area contributed by atoms with Crippen molar-refractivity contribution in [3.63, 3.8) is 0 Å². The number of nitrogens with one attached hydrogen (secondary N) is 2. The minimum atomic E-state index is -0.542. The predicted octanol–water partition coefficient (Wildman–Crippen LogP) is 3.12. The molecule has 140 valence electrons. The average molecular weight is 360 g/mol. The number of Topliss-reactive ketones (excluding diaryl/α,β-unsaturated/α-hetero) is 1. The Balaban J connectivity index is 2.27. The molecule has 0 radical (unpaired) electrons. The average Bonchev–Trinajstić information content (AvgIpc) is 2.94. The number of hydrogen-bond acceptors (Lipinski definition) is 6. The Morgan fingerprint density at radius 3 is 2.38 bits per heavy atom. The number of anilines is 1. The lowest BCUT2D eigenvalue weighted by molar-refractivity contribution is 0.0599. The number of methoxy groups -OCH3 is 3. The minimum absolute atomic E-state index is 0.168. The third kappa shape index (κ3) is 3.66. The van der Waals surface area contributed by atoms with Crippen LogP contribution in [-0.4, -0.2) is 44.1 Å². The van der Waals surface area contributed by atoms with Crippen LogP contribution in [0.3, 0.4) is 0 Å². The van der Waals surface area contributed by atoms with Gasteiger partial charge < -0.3 is 24.5 Å². The molecule has 26 heavy (non-hydrogen) atoms. The van der Waals surface area contributed by atoms with E-state index in [-0.39, 0.29) is 5.78 Å². The van der Waals surface area contributed by atoms with Crippen molar-refractivity contribution in [3.8, 4) is 11.5 Å². The Kier molecular flexibility index (Phi) is 5.92. The minimum Gasteiger partial charge on any atom is -0.497 e. The number of H-pyrrole nitrogens is 1. The van der Waals surface area contributed by atoms with Gasteiger partial charge in [0.05, 0.1) is 44.3 Å². The first-order valence-electron chi connectivity index (χ1n) is 8.14. The summed E-state index contributed by atoms with van der Waals surface area (Å²) in [6, 6.07) is 4.76. The predicted molar refractivity (Wildman–Crippen MR) is 98.6 cm³/mol. The van der Waals surface area contributed by atoms with Gasteiger partial charge in [-0.05, 0) is 38.5 Å². The molecule has 0 aliphatic carbocycles. The van der Waals surface area contributed by atoms with Crippen molar-refractivity contribution in [1.82, 2.24) is 4.98 Å². The second kappa shape index (κ2) is 7.95. The van der Waals surface area contributed by atoms with E-state index in [1.165, 1.54) is 7.11 Å². The Labute approximate surface area is 152 Å². The molecule has 0 amide bonds. The number of aromatic nitrogens is 1. The summed E-state index contributed by atoms with van der Waals surface area (Å²) in [5.74, 6) is 0.593. The smallest absolute Gasteiger partial charge is 0.339 e. The van der Waals surface area contributed by atoms with Crippen molar-refractivity contribution in [2.45, 2.75) is 26.8 Å². The molecule has 2 N–H and O–H groups in total. The Morgan fingerprint density at radius 1 is 1.12 bits per heavy atom. The molecule has 1 unspecified atom stereocenters. The zero-order chi connectivity index (χ0) is 19.4. The summed E-state index contributed by atoms with van der Waals surface area (Å²) in [4.78, 5) is 27.8. The summed E-state index contributed by atoms with van der Waals surface area (Å²) < 4.78 is 15.3. The molecule has 2 aromatic rings.